The van der Waals surface area contributed by atoms with Crippen molar-refractivity contribution in [3.05, 3.63) is 0 Å². The molecule has 0 heterocycles. The van der Waals surface area contributed by atoms with E-state index < -0.39 is 0 Å². The van der Waals surface area contributed by atoms with Crippen LogP contribution in [-0.4, -0.2) is 25.6 Å². The van der Waals surface area contributed by atoms with Crippen LogP contribution in [0.15, 0.2) is 4.99 Å². The van der Waals surface area contributed by atoms with E-state index in [9.17, 15) is 0 Å². The fraction of sp³-hybridized carbons (Fsp3) is 0.875. The molecule has 0 bridgehead atoms. The van der Waals surface area contributed by atoms with Crippen LogP contribution in [0.3, 0.4) is 0 Å². The van der Waals surface area contributed by atoms with Crippen LogP contribution in [0, 0.1) is 0 Å². The van der Waals surface area contributed by atoms with Crippen molar-refractivity contribution in [1.82, 2.24) is 0 Å². The Kier molecular flexibility index (Phi) is 5.84. The second-order valence-corrected chi connectivity index (χ2v) is 2.38. The summed E-state index contributed by atoms with van der Waals surface area (Å²) in [5.41, 5.74) is 5.61. The minimum absolute atomic E-state index is 0.0231. The first-order valence-electron chi connectivity index (χ1n) is 4.10. The summed E-state index contributed by atoms with van der Waals surface area (Å²) in [4.78, 5) is 3.90. The van der Waals surface area contributed by atoms with E-state index in [1.54, 1.807) is 7.05 Å². The van der Waals surface area contributed by atoms with Crippen molar-refractivity contribution in [3.63, 3.8) is 0 Å². The maximum Gasteiger partial charge on any atom is 0.123 e. The molecule has 0 aliphatic heterocycles. The number of amidine groups is 1. The number of aliphatic imine (C=N–C) groups is 1. The van der Waals surface area contributed by atoms with E-state index in [4.69, 9.17) is 10.5 Å². The van der Waals surface area contributed by atoms with E-state index in [0.29, 0.717) is 12.4 Å². The monoisotopic (exact) mass is 158 g/mol. The minimum atomic E-state index is 0.0231. The van der Waals surface area contributed by atoms with Gasteiger partial charge in [0.25, 0.3) is 0 Å². The predicted molar refractivity (Wildman–Crippen MR) is 47.9 cm³/mol. The van der Waals surface area contributed by atoms with Crippen LogP contribution in [0.25, 0.3) is 0 Å². The van der Waals surface area contributed by atoms with Gasteiger partial charge in [0.2, 0.25) is 0 Å². The topological polar surface area (TPSA) is 47.6 Å². The molecule has 0 aromatic carbocycles. The van der Waals surface area contributed by atoms with Gasteiger partial charge in [0.05, 0.1) is 0 Å². The van der Waals surface area contributed by atoms with Gasteiger partial charge in [-0.05, 0) is 13.3 Å². The average Bonchev–Trinajstić information content (AvgIpc) is 2.03. The molecule has 3 heteroatoms. The summed E-state index contributed by atoms with van der Waals surface area (Å²) in [6, 6.07) is 0. The molecule has 0 aromatic heterocycles. The van der Waals surface area contributed by atoms with Crippen molar-refractivity contribution in [2.75, 3.05) is 13.7 Å². The summed E-state index contributed by atoms with van der Waals surface area (Å²) < 4.78 is 5.38. The molecule has 0 saturated heterocycles. The zero-order valence-electron chi connectivity index (χ0n) is 7.63. The SMILES string of the molecule is CCCC(OCC)C(N)=NC. The van der Waals surface area contributed by atoms with Gasteiger partial charge in [0, 0.05) is 13.7 Å². The van der Waals surface area contributed by atoms with Crippen molar-refractivity contribution in [2.24, 2.45) is 10.7 Å². The molecular weight excluding hydrogens is 140 g/mol. The molecule has 0 aliphatic rings. The van der Waals surface area contributed by atoms with E-state index in [1.807, 2.05) is 6.92 Å². The third-order valence-electron chi connectivity index (χ3n) is 1.51. The van der Waals surface area contributed by atoms with E-state index in [1.165, 1.54) is 0 Å². The Morgan fingerprint density at radius 1 is 1.55 bits per heavy atom. The second-order valence-electron chi connectivity index (χ2n) is 2.38. The van der Waals surface area contributed by atoms with Crippen molar-refractivity contribution in [1.29, 1.82) is 0 Å². The molecule has 0 fully saturated rings. The second kappa shape index (κ2) is 6.16. The van der Waals surface area contributed by atoms with Crippen LogP contribution in [0.4, 0.5) is 0 Å². The molecule has 11 heavy (non-hydrogen) atoms. The highest BCUT2D eigenvalue weighted by atomic mass is 16.5. The average molecular weight is 158 g/mol. The molecule has 0 saturated carbocycles. The lowest BCUT2D eigenvalue weighted by atomic mass is 10.2. The van der Waals surface area contributed by atoms with E-state index in [-0.39, 0.29) is 6.10 Å². The number of rotatable bonds is 5. The molecule has 0 aromatic rings. The highest BCUT2D eigenvalue weighted by Crippen LogP contribution is 2.01. The lowest BCUT2D eigenvalue weighted by Gasteiger charge is -2.14. The first kappa shape index (κ1) is 10.4. The molecule has 0 amide bonds. The van der Waals surface area contributed by atoms with Crippen molar-refractivity contribution >= 4 is 5.84 Å². The maximum atomic E-state index is 5.61. The fourth-order valence-corrected chi connectivity index (χ4v) is 0.924. The van der Waals surface area contributed by atoms with Gasteiger partial charge in [0.1, 0.15) is 11.9 Å². The molecule has 0 radical (unpaired) electrons. The lowest BCUT2D eigenvalue weighted by molar-refractivity contribution is 0.102. The Hall–Kier alpha value is -0.570. The first-order valence-corrected chi connectivity index (χ1v) is 4.10. The zero-order valence-corrected chi connectivity index (χ0v) is 7.63. The highest BCUT2D eigenvalue weighted by molar-refractivity contribution is 5.84. The molecule has 1 unspecified atom stereocenters. The summed E-state index contributed by atoms with van der Waals surface area (Å²) in [6.45, 7) is 4.77. The summed E-state index contributed by atoms with van der Waals surface area (Å²) in [5, 5.41) is 0. The maximum absolute atomic E-state index is 5.61. The molecule has 66 valence electrons. The van der Waals surface area contributed by atoms with Gasteiger partial charge in [-0.2, -0.15) is 0 Å². The van der Waals surface area contributed by atoms with Crippen molar-refractivity contribution < 1.29 is 4.74 Å². The van der Waals surface area contributed by atoms with Crippen LogP contribution in [0.2, 0.25) is 0 Å². The van der Waals surface area contributed by atoms with Gasteiger partial charge in [0.15, 0.2) is 0 Å². The summed E-state index contributed by atoms with van der Waals surface area (Å²) in [5.74, 6) is 0.605. The third-order valence-corrected chi connectivity index (χ3v) is 1.51. The van der Waals surface area contributed by atoms with Crippen molar-refractivity contribution in [3.8, 4) is 0 Å². The van der Waals surface area contributed by atoms with Gasteiger partial charge < -0.3 is 10.5 Å². The standard InChI is InChI=1S/C8H18N2O/c1-4-6-7(11-5-2)8(9)10-3/h7H,4-6H2,1-3H3,(H2,9,10). The van der Waals surface area contributed by atoms with Gasteiger partial charge in [-0.3, -0.25) is 4.99 Å². The Morgan fingerprint density at radius 3 is 2.55 bits per heavy atom. The Balaban J connectivity index is 3.87. The molecule has 3 nitrogen and oxygen atoms in total. The number of nitrogens with zero attached hydrogens (tertiary/aromatic N) is 1. The summed E-state index contributed by atoms with van der Waals surface area (Å²) >= 11 is 0. The van der Waals surface area contributed by atoms with Gasteiger partial charge in [-0.1, -0.05) is 13.3 Å². The van der Waals surface area contributed by atoms with Crippen LogP contribution < -0.4 is 5.73 Å². The minimum Gasteiger partial charge on any atom is -0.385 e. The molecule has 1 atom stereocenters. The molecule has 0 aliphatic carbocycles. The predicted octanol–water partition coefficient (Wildman–Crippen LogP) is 1.18. The summed E-state index contributed by atoms with van der Waals surface area (Å²) in [6.07, 6.45) is 2.05. The largest absolute Gasteiger partial charge is 0.385 e. The van der Waals surface area contributed by atoms with Gasteiger partial charge >= 0.3 is 0 Å². The molecule has 2 N–H and O–H groups in total. The third kappa shape index (κ3) is 3.98. The van der Waals surface area contributed by atoms with E-state index >= 15 is 0 Å². The smallest absolute Gasteiger partial charge is 0.123 e. The molecule has 0 spiro atoms. The quantitative estimate of drug-likeness (QED) is 0.482. The summed E-state index contributed by atoms with van der Waals surface area (Å²) in [7, 11) is 1.69. The Labute approximate surface area is 68.6 Å². The van der Waals surface area contributed by atoms with Crippen LogP contribution in [0.5, 0.6) is 0 Å². The Bertz CT molecular complexity index is 117. The number of hydrogen-bond acceptors (Lipinski definition) is 2. The number of hydrogen-bond donors (Lipinski definition) is 1. The number of nitrogens with two attached hydrogens (primary N) is 1. The van der Waals surface area contributed by atoms with E-state index in [0.717, 1.165) is 12.8 Å². The van der Waals surface area contributed by atoms with Gasteiger partial charge in [-0.25, -0.2) is 0 Å². The highest BCUT2D eigenvalue weighted by Gasteiger charge is 2.10. The van der Waals surface area contributed by atoms with Crippen LogP contribution >= 0.6 is 0 Å². The van der Waals surface area contributed by atoms with Crippen molar-refractivity contribution in [2.45, 2.75) is 32.8 Å². The first-order chi connectivity index (χ1) is 5.26. The van der Waals surface area contributed by atoms with Gasteiger partial charge in [-0.15, -0.1) is 0 Å². The Morgan fingerprint density at radius 2 is 2.18 bits per heavy atom. The fourth-order valence-electron chi connectivity index (χ4n) is 0.924. The van der Waals surface area contributed by atoms with E-state index in [2.05, 4.69) is 11.9 Å². The van der Waals surface area contributed by atoms with Crippen LogP contribution in [-0.2, 0) is 4.74 Å². The van der Waals surface area contributed by atoms with Crippen LogP contribution in [0.1, 0.15) is 26.7 Å². The lowest BCUT2D eigenvalue weighted by Crippen LogP contribution is -2.31. The zero-order chi connectivity index (χ0) is 8.69. The molecular formula is C8H18N2O. The normalized spacial score (nSPS) is 15.0. The number of ether oxygens (including phenoxy) is 1. The molecule has 0 rings (SSSR count).